The lowest BCUT2D eigenvalue weighted by atomic mass is 9.40. The van der Waals surface area contributed by atoms with E-state index in [4.69, 9.17) is 14.2 Å². The number of fused-ring (bicyclic) bond motifs is 3. The van der Waals surface area contributed by atoms with Gasteiger partial charge in [-0.1, -0.05) is 26.5 Å². The maximum absolute atomic E-state index is 14.4. The Kier molecular flexibility index (Phi) is 5.65. The number of allylic oxidation sites excluding steroid dienone is 2. The van der Waals surface area contributed by atoms with Crippen molar-refractivity contribution in [1.82, 2.24) is 0 Å². The van der Waals surface area contributed by atoms with Gasteiger partial charge in [-0.25, -0.2) is 0 Å². The number of hydrogen-bond acceptors (Lipinski definition) is 8. The van der Waals surface area contributed by atoms with Gasteiger partial charge in [0, 0.05) is 26.7 Å². The van der Waals surface area contributed by atoms with Gasteiger partial charge in [-0.15, -0.1) is 0 Å². The predicted molar refractivity (Wildman–Crippen MR) is 119 cm³/mol. The zero-order valence-electron chi connectivity index (χ0n) is 20.3. The molecule has 0 heterocycles. The van der Waals surface area contributed by atoms with Crippen molar-refractivity contribution < 1.29 is 38.2 Å². The topological polar surface area (TPSA) is 113 Å². The van der Waals surface area contributed by atoms with Crippen molar-refractivity contribution in [3.63, 3.8) is 0 Å². The minimum atomic E-state index is -1.33. The minimum Gasteiger partial charge on any atom is -0.465 e. The molecule has 0 saturated heterocycles. The van der Waals surface area contributed by atoms with Crippen LogP contribution < -0.4 is 0 Å². The summed E-state index contributed by atoms with van der Waals surface area (Å²) in [5, 5.41) is 0. The number of rotatable bonds is 4. The van der Waals surface area contributed by atoms with Crippen molar-refractivity contribution in [2.45, 2.75) is 66.1 Å². The van der Waals surface area contributed by atoms with Gasteiger partial charge in [0.25, 0.3) is 0 Å². The number of ether oxygens (including phenoxy) is 3. The van der Waals surface area contributed by atoms with Crippen molar-refractivity contribution >= 4 is 29.5 Å². The molecule has 184 valence electrons. The first-order valence-corrected chi connectivity index (χ1v) is 11.7. The fourth-order valence-electron chi connectivity index (χ4n) is 7.51. The Balaban J connectivity index is 2.02. The molecule has 3 fully saturated rings. The van der Waals surface area contributed by atoms with Crippen LogP contribution in [0.5, 0.6) is 0 Å². The number of carbonyl (C=O) groups excluding carboxylic acids is 5. The van der Waals surface area contributed by atoms with Crippen molar-refractivity contribution in [1.29, 1.82) is 0 Å². The van der Waals surface area contributed by atoms with E-state index >= 15 is 0 Å². The standard InChI is InChI=1S/C26H32O8/c1-13-17-7-8-18-25(11-17,23(13)34-16(4)29)22(31)20(33-15(3)28)21-24(5,6)10-9-19(30)26(18,21)12-32-14(2)27/h9-10,17-18,20-21,23H,1,7-8,11-12H2,2-6H3. The summed E-state index contributed by atoms with van der Waals surface area (Å²) in [5.41, 5.74) is -2.70. The highest BCUT2D eigenvalue weighted by molar-refractivity contribution is 6.03. The van der Waals surface area contributed by atoms with E-state index in [0.29, 0.717) is 24.8 Å². The van der Waals surface area contributed by atoms with Crippen molar-refractivity contribution in [3.8, 4) is 0 Å². The van der Waals surface area contributed by atoms with Gasteiger partial charge in [0.05, 0.1) is 10.8 Å². The van der Waals surface area contributed by atoms with Crippen molar-refractivity contribution in [3.05, 3.63) is 24.3 Å². The lowest BCUT2D eigenvalue weighted by Gasteiger charge is -2.62. The van der Waals surface area contributed by atoms with Gasteiger partial charge in [-0.05, 0) is 48.2 Å². The summed E-state index contributed by atoms with van der Waals surface area (Å²) in [5.74, 6) is -3.79. The molecule has 0 aromatic carbocycles. The second kappa shape index (κ2) is 7.89. The Morgan fingerprint density at radius 2 is 1.68 bits per heavy atom. The summed E-state index contributed by atoms with van der Waals surface area (Å²) in [4.78, 5) is 64.5. The number of ketones is 2. The maximum atomic E-state index is 14.4. The Morgan fingerprint density at radius 3 is 2.26 bits per heavy atom. The van der Waals surface area contributed by atoms with Gasteiger partial charge in [-0.2, -0.15) is 0 Å². The molecule has 4 aliphatic carbocycles. The summed E-state index contributed by atoms with van der Waals surface area (Å²) in [6.07, 6.45) is 2.52. The van der Waals surface area contributed by atoms with Gasteiger partial charge in [0.1, 0.15) is 12.7 Å². The van der Waals surface area contributed by atoms with Crippen LogP contribution in [-0.2, 0) is 38.2 Å². The van der Waals surface area contributed by atoms with E-state index < -0.39 is 58.2 Å². The van der Waals surface area contributed by atoms with Crippen LogP contribution in [-0.4, -0.2) is 48.3 Å². The van der Waals surface area contributed by atoms with E-state index in [1.54, 1.807) is 6.08 Å². The maximum Gasteiger partial charge on any atom is 0.303 e. The van der Waals surface area contributed by atoms with Crippen molar-refractivity contribution in [2.24, 2.45) is 34.0 Å². The molecular weight excluding hydrogens is 440 g/mol. The van der Waals surface area contributed by atoms with Crippen LogP contribution in [0.25, 0.3) is 0 Å². The van der Waals surface area contributed by atoms with Gasteiger partial charge in [0.15, 0.2) is 17.7 Å². The van der Waals surface area contributed by atoms with E-state index in [9.17, 15) is 24.0 Å². The Bertz CT molecular complexity index is 1020. The number of hydrogen-bond donors (Lipinski definition) is 0. The first-order valence-electron chi connectivity index (χ1n) is 11.7. The van der Waals surface area contributed by atoms with Gasteiger partial charge in [-0.3, -0.25) is 24.0 Å². The molecule has 2 bridgehead atoms. The van der Waals surface area contributed by atoms with E-state index in [-0.39, 0.29) is 24.1 Å². The van der Waals surface area contributed by atoms with E-state index in [0.717, 1.165) is 0 Å². The minimum absolute atomic E-state index is 0.0629. The molecule has 7 unspecified atom stereocenters. The molecule has 4 rings (SSSR count). The second-order valence-electron chi connectivity index (χ2n) is 10.8. The number of esters is 3. The first-order chi connectivity index (χ1) is 15.8. The normalized spacial score (nSPS) is 39.7. The molecule has 34 heavy (non-hydrogen) atoms. The Labute approximate surface area is 199 Å². The van der Waals surface area contributed by atoms with Crippen LogP contribution >= 0.6 is 0 Å². The quantitative estimate of drug-likeness (QED) is 0.349. The highest BCUT2D eigenvalue weighted by atomic mass is 16.6. The fraction of sp³-hybridized carbons (Fsp3) is 0.654. The molecule has 0 aromatic rings. The van der Waals surface area contributed by atoms with Crippen LogP contribution in [0.1, 0.15) is 53.9 Å². The molecule has 0 aromatic heterocycles. The smallest absolute Gasteiger partial charge is 0.303 e. The summed E-state index contributed by atoms with van der Waals surface area (Å²) < 4.78 is 16.9. The monoisotopic (exact) mass is 472 g/mol. The van der Waals surface area contributed by atoms with Gasteiger partial charge >= 0.3 is 17.9 Å². The van der Waals surface area contributed by atoms with Crippen LogP contribution in [0.3, 0.4) is 0 Å². The summed E-state index contributed by atoms with van der Waals surface area (Å²) in [6.45, 7) is 11.4. The molecule has 0 N–H and O–H groups in total. The average molecular weight is 473 g/mol. The molecule has 7 atom stereocenters. The summed E-state index contributed by atoms with van der Waals surface area (Å²) in [7, 11) is 0. The van der Waals surface area contributed by atoms with Crippen LogP contribution in [0.4, 0.5) is 0 Å². The van der Waals surface area contributed by atoms with Gasteiger partial charge < -0.3 is 14.2 Å². The molecule has 0 radical (unpaired) electrons. The zero-order chi connectivity index (χ0) is 25.2. The lowest BCUT2D eigenvalue weighted by Crippen LogP contribution is -2.72. The zero-order valence-corrected chi connectivity index (χ0v) is 20.3. The molecule has 0 amide bonds. The highest BCUT2D eigenvalue weighted by Gasteiger charge is 2.77. The molecule has 0 aliphatic heterocycles. The summed E-state index contributed by atoms with van der Waals surface area (Å²) >= 11 is 0. The highest BCUT2D eigenvalue weighted by Crippen LogP contribution is 2.70. The second-order valence-corrected chi connectivity index (χ2v) is 10.8. The molecule has 1 spiro atoms. The van der Waals surface area contributed by atoms with E-state index in [1.165, 1.54) is 26.8 Å². The third kappa shape index (κ3) is 3.21. The lowest BCUT2D eigenvalue weighted by molar-refractivity contribution is -0.218. The Hall–Kier alpha value is -2.77. The molecule has 4 aliphatic rings. The fourth-order valence-corrected chi connectivity index (χ4v) is 7.51. The molecule has 8 heteroatoms. The van der Waals surface area contributed by atoms with Crippen LogP contribution in [0.2, 0.25) is 0 Å². The van der Waals surface area contributed by atoms with Crippen molar-refractivity contribution in [2.75, 3.05) is 6.61 Å². The third-order valence-electron chi connectivity index (χ3n) is 8.55. The average Bonchev–Trinajstić information content (AvgIpc) is 2.93. The van der Waals surface area contributed by atoms with E-state index in [2.05, 4.69) is 6.58 Å². The predicted octanol–water partition coefficient (Wildman–Crippen LogP) is 2.74. The van der Waals surface area contributed by atoms with E-state index in [1.807, 2.05) is 13.8 Å². The Morgan fingerprint density at radius 1 is 1.03 bits per heavy atom. The SMILES string of the molecule is C=C1C2CCC3C(C2)(C(=O)C(OC(C)=O)C2C(C)(C)C=CC(=O)C23COC(C)=O)C1OC(C)=O. The van der Waals surface area contributed by atoms with Crippen LogP contribution in [0, 0.1) is 34.0 Å². The molecular formula is C26H32O8. The van der Waals surface area contributed by atoms with Gasteiger partial charge in [0.2, 0.25) is 0 Å². The molecule has 8 nitrogen and oxygen atoms in total. The molecule has 3 saturated carbocycles. The number of Topliss-reactive ketones (excluding diaryl/α,β-unsaturated/α-hetero) is 1. The first kappa shape index (κ1) is 24.4. The number of carbonyl (C=O) groups is 5. The third-order valence-corrected chi connectivity index (χ3v) is 8.55. The summed E-state index contributed by atoms with van der Waals surface area (Å²) in [6, 6.07) is 0. The largest absolute Gasteiger partial charge is 0.465 e. The van der Waals surface area contributed by atoms with Crippen LogP contribution in [0.15, 0.2) is 24.3 Å².